The Morgan fingerprint density at radius 2 is 1.97 bits per heavy atom. The van der Waals surface area contributed by atoms with Crippen LogP contribution < -0.4 is 0 Å². The van der Waals surface area contributed by atoms with E-state index in [0.29, 0.717) is 12.8 Å². The summed E-state index contributed by atoms with van der Waals surface area (Å²) < 4.78 is 23.0. The number of carbonyl (C=O) groups excluding carboxylic acids is 3. The Kier molecular flexibility index (Phi) is 5.22. The summed E-state index contributed by atoms with van der Waals surface area (Å²) in [4.78, 5) is 39.0. The molecular weight excluding hydrogens is 452 g/mol. The number of methoxy groups -OCH3 is 1. The molecule has 2 aliphatic carbocycles. The number of esters is 2. The number of hydrogen-bond acceptors (Lipinski definition) is 8. The van der Waals surface area contributed by atoms with E-state index in [4.69, 9.17) is 18.6 Å². The maximum atomic E-state index is 13.4. The Morgan fingerprint density at radius 3 is 2.60 bits per heavy atom. The standard InChI is InChI=1S/C27H34O8/c1-14-16-7-9-25(4)22(15-8-10-33-13-15)34-19(29)12-27(14,25)35-18-11-17(28)24(2,3)21(26(16,18)5)20(30)23(31)32-6/h8,10,13,16,18,20-22,30H,1,7,9,11-12H2,2-6H3/t16-,18?,20?,21-,22?,25+,26+,27+/m1/s1. The molecular formula is C27H34O8. The number of ether oxygens (including phenoxy) is 3. The van der Waals surface area contributed by atoms with Gasteiger partial charge in [-0.15, -0.1) is 0 Å². The largest absolute Gasteiger partial charge is 0.472 e. The van der Waals surface area contributed by atoms with Crippen LogP contribution in [0, 0.1) is 28.1 Å². The third-order valence-corrected chi connectivity index (χ3v) is 9.96. The summed E-state index contributed by atoms with van der Waals surface area (Å²) in [6.07, 6.45) is 1.91. The van der Waals surface area contributed by atoms with Crippen molar-refractivity contribution in [2.75, 3.05) is 7.11 Å². The molecule has 2 aliphatic heterocycles. The number of rotatable bonds is 3. The zero-order chi connectivity index (χ0) is 25.6. The molecule has 0 aromatic carbocycles. The third kappa shape index (κ3) is 2.90. The highest BCUT2D eigenvalue weighted by Crippen LogP contribution is 2.71. The monoisotopic (exact) mass is 486 g/mol. The van der Waals surface area contributed by atoms with Crippen LogP contribution in [0.4, 0.5) is 0 Å². The maximum absolute atomic E-state index is 13.4. The quantitative estimate of drug-likeness (QED) is 0.510. The van der Waals surface area contributed by atoms with E-state index < -0.39 is 58.0 Å². The van der Waals surface area contributed by atoms with Crippen molar-refractivity contribution in [1.82, 2.24) is 0 Å². The zero-order valence-corrected chi connectivity index (χ0v) is 21.0. The molecule has 0 radical (unpaired) electrons. The Hall–Kier alpha value is -2.45. The van der Waals surface area contributed by atoms with E-state index in [1.807, 2.05) is 6.92 Å². The Morgan fingerprint density at radius 1 is 1.26 bits per heavy atom. The first-order valence-electron chi connectivity index (χ1n) is 12.2. The summed E-state index contributed by atoms with van der Waals surface area (Å²) in [7, 11) is 1.23. The number of fused-ring (bicyclic) bond motifs is 3. The number of aliphatic hydroxyl groups excluding tert-OH is 1. The predicted molar refractivity (Wildman–Crippen MR) is 123 cm³/mol. The lowest BCUT2D eigenvalue weighted by atomic mass is 9.41. The van der Waals surface area contributed by atoms with Gasteiger partial charge in [0, 0.05) is 34.1 Å². The van der Waals surface area contributed by atoms with E-state index in [-0.39, 0.29) is 24.5 Å². The van der Waals surface area contributed by atoms with Crippen molar-refractivity contribution in [3.05, 3.63) is 36.3 Å². The maximum Gasteiger partial charge on any atom is 0.335 e. The van der Waals surface area contributed by atoms with E-state index in [0.717, 1.165) is 11.1 Å². The van der Waals surface area contributed by atoms with E-state index in [1.165, 1.54) is 7.11 Å². The van der Waals surface area contributed by atoms with Gasteiger partial charge in [0.05, 0.1) is 32.2 Å². The van der Waals surface area contributed by atoms with Gasteiger partial charge in [-0.05, 0) is 30.4 Å². The van der Waals surface area contributed by atoms with Gasteiger partial charge in [-0.25, -0.2) is 4.79 Å². The second kappa shape index (κ2) is 7.53. The first-order valence-corrected chi connectivity index (χ1v) is 12.2. The van der Waals surface area contributed by atoms with Gasteiger partial charge in [0.15, 0.2) is 6.10 Å². The molecule has 8 nitrogen and oxygen atoms in total. The van der Waals surface area contributed by atoms with Gasteiger partial charge in [0.2, 0.25) is 0 Å². The number of aliphatic hydroxyl groups is 1. The van der Waals surface area contributed by atoms with Crippen molar-refractivity contribution in [1.29, 1.82) is 0 Å². The average Bonchev–Trinajstić information content (AvgIpc) is 3.32. The fourth-order valence-electron chi connectivity index (χ4n) is 8.08. The number of Topliss-reactive ketones (excluding diaryl/α,β-unsaturated/α-hetero) is 1. The van der Waals surface area contributed by atoms with Crippen molar-refractivity contribution in [3.8, 4) is 0 Å². The van der Waals surface area contributed by atoms with Crippen molar-refractivity contribution in [2.45, 2.75) is 77.3 Å². The molecule has 5 rings (SSSR count). The fraction of sp³-hybridized carbons (Fsp3) is 0.667. The minimum Gasteiger partial charge on any atom is -0.472 e. The number of carbonyl (C=O) groups is 3. The molecule has 1 aromatic heterocycles. The minimum absolute atomic E-state index is 0.00156. The van der Waals surface area contributed by atoms with Crippen molar-refractivity contribution in [2.24, 2.45) is 28.1 Å². The molecule has 3 unspecified atom stereocenters. The van der Waals surface area contributed by atoms with Gasteiger partial charge >= 0.3 is 11.9 Å². The molecule has 3 heterocycles. The van der Waals surface area contributed by atoms with Crippen LogP contribution in [0.2, 0.25) is 0 Å². The highest BCUT2D eigenvalue weighted by molar-refractivity contribution is 5.88. The SMILES string of the molecule is C=C1[C@H]2CC[C@@]3(C)C(c4ccoc4)OC(=O)C[C@]13OC1CC(=O)C(C)(C)[C@@H](C(O)C(=O)OC)[C@]12C. The van der Waals surface area contributed by atoms with Crippen LogP contribution in [-0.4, -0.2) is 47.7 Å². The summed E-state index contributed by atoms with van der Waals surface area (Å²) in [6, 6.07) is 1.79. The van der Waals surface area contributed by atoms with Gasteiger partial charge in [-0.2, -0.15) is 0 Å². The lowest BCUT2D eigenvalue weighted by Crippen LogP contribution is -2.74. The topological polar surface area (TPSA) is 112 Å². The second-order valence-electron chi connectivity index (χ2n) is 11.7. The molecule has 4 fully saturated rings. The summed E-state index contributed by atoms with van der Waals surface area (Å²) in [5, 5.41) is 11.2. The fourth-order valence-corrected chi connectivity index (χ4v) is 8.08. The van der Waals surface area contributed by atoms with Crippen LogP contribution in [0.3, 0.4) is 0 Å². The highest BCUT2D eigenvalue weighted by atomic mass is 16.6. The Labute approximate surface area is 205 Å². The molecule has 0 amide bonds. The summed E-state index contributed by atoms with van der Waals surface area (Å²) in [5.74, 6) is -2.20. The molecule has 8 heteroatoms. The molecule has 190 valence electrons. The lowest BCUT2D eigenvalue weighted by molar-refractivity contribution is -0.303. The Bertz CT molecular complexity index is 1090. The van der Waals surface area contributed by atoms with Crippen LogP contribution in [0.1, 0.15) is 65.0 Å². The molecule has 2 bridgehead atoms. The van der Waals surface area contributed by atoms with Gasteiger partial charge < -0.3 is 23.7 Å². The molecule has 1 aromatic rings. The van der Waals surface area contributed by atoms with Gasteiger partial charge in [0.1, 0.15) is 17.5 Å². The van der Waals surface area contributed by atoms with Gasteiger partial charge in [-0.1, -0.05) is 34.3 Å². The highest BCUT2D eigenvalue weighted by Gasteiger charge is 2.74. The van der Waals surface area contributed by atoms with E-state index in [1.54, 1.807) is 32.4 Å². The van der Waals surface area contributed by atoms with Crippen molar-refractivity contribution < 1.29 is 38.1 Å². The van der Waals surface area contributed by atoms with Gasteiger partial charge in [0.25, 0.3) is 0 Å². The lowest BCUT2D eigenvalue weighted by Gasteiger charge is -2.70. The van der Waals surface area contributed by atoms with Crippen LogP contribution in [0.5, 0.6) is 0 Å². The van der Waals surface area contributed by atoms with Crippen LogP contribution in [0.15, 0.2) is 35.2 Å². The first-order chi connectivity index (χ1) is 16.3. The first kappa shape index (κ1) is 24.3. The van der Waals surface area contributed by atoms with Crippen LogP contribution in [0.25, 0.3) is 0 Å². The number of furan rings is 1. The normalized spacial score (nSPS) is 43.0. The predicted octanol–water partition coefficient (Wildman–Crippen LogP) is 3.53. The third-order valence-electron chi connectivity index (χ3n) is 9.96. The number of ketones is 1. The van der Waals surface area contributed by atoms with E-state index in [2.05, 4.69) is 13.5 Å². The Balaban J connectivity index is 1.65. The molecule has 1 spiro atoms. The van der Waals surface area contributed by atoms with Crippen LogP contribution >= 0.6 is 0 Å². The smallest absolute Gasteiger partial charge is 0.335 e. The zero-order valence-electron chi connectivity index (χ0n) is 21.0. The summed E-state index contributed by atoms with van der Waals surface area (Å²) in [6.45, 7) is 12.1. The molecule has 1 N–H and O–H groups in total. The molecule has 4 aliphatic rings. The van der Waals surface area contributed by atoms with Crippen molar-refractivity contribution in [3.63, 3.8) is 0 Å². The number of hydrogen-bond donors (Lipinski definition) is 1. The van der Waals surface area contributed by atoms with Crippen LogP contribution in [-0.2, 0) is 28.6 Å². The minimum atomic E-state index is -1.50. The van der Waals surface area contributed by atoms with E-state index in [9.17, 15) is 19.5 Å². The molecule has 35 heavy (non-hydrogen) atoms. The second-order valence-corrected chi connectivity index (χ2v) is 11.7. The number of cyclic esters (lactones) is 1. The van der Waals surface area contributed by atoms with E-state index >= 15 is 0 Å². The molecule has 2 saturated heterocycles. The summed E-state index contributed by atoms with van der Waals surface area (Å²) >= 11 is 0. The van der Waals surface area contributed by atoms with Gasteiger partial charge in [-0.3, -0.25) is 9.59 Å². The summed E-state index contributed by atoms with van der Waals surface area (Å²) in [5.41, 5.74) is -1.92. The van der Waals surface area contributed by atoms with Crippen molar-refractivity contribution >= 4 is 17.7 Å². The molecule has 2 saturated carbocycles. The average molecular weight is 487 g/mol. The molecule has 8 atom stereocenters.